The lowest BCUT2D eigenvalue weighted by atomic mass is 10.2. The Bertz CT molecular complexity index is 248. The Balaban J connectivity index is 2.54. The highest BCUT2D eigenvalue weighted by molar-refractivity contribution is 7.07. The number of carboxylic acids is 1. The first-order valence-corrected chi connectivity index (χ1v) is 4.45. The third-order valence-corrected chi connectivity index (χ3v) is 2.18. The average Bonchev–Trinajstić information content (AvgIpc) is 2.51. The van der Waals surface area contributed by atoms with Gasteiger partial charge in [-0.2, -0.15) is 0 Å². The van der Waals surface area contributed by atoms with Gasteiger partial charge in [-0.3, -0.25) is 4.79 Å². The summed E-state index contributed by atoms with van der Waals surface area (Å²) in [5.74, 6) is -0.842. The van der Waals surface area contributed by atoms with Gasteiger partial charge in [0.2, 0.25) is 0 Å². The van der Waals surface area contributed by atoms with E-state index in [1.807, 2.05) is 5.38 Å². The Hall–Kier alpha value is -0.940. The molecular formula is C7H10N2O2S. The zero-order chi connectivity index (χ0) is 8.97. The third kappa shape index (κ3) is 2.28. The van der Waals surface area contributed by atoms with Gasteiger partial charge in [0, 0.05) is 11.8 Å². The van der Waals surface area contributed by atoms with Gasteiger partial charge in [0.1, 0.15) is 6.04 Å². The van der Waals surface area contributed by atoms with Crippen molar-refractivity contribution in [2.45, 2.75) is 12.5 Å². The van der Waals surface area contributed by atoms with Gasteiger partial charge in [-0.15, -0.1) is 11.3 Å². The van der Waals surface area contributed by atoms with Gasteiger partial charge in [-0.05, 0) is 7.05 Å². The molecule has 66 valence electrons. The van der Waals surface area contributed by atoms with Gasteiger partial charge in [0.15, 0.2) is 0 Å². The van der Waals surface area contributed by atoms with Crippen molar-refractivity contribution in [1.82, 2.24) is 10.3 Å². The van der Waals surface area contributed by atoms with Gasteiger partial charge in [0.05, 0.1) is 11.2 Å². The maximum atomic E-state index is 10.6. The van der Waals surface area contributed by atoms with Crippen molar-refractivity contribution in [2.75, 3.05) is 7.05 Å². The fraction of sp³-hybridized carbons (Fsp3) is 0.429. The molecule has 0 radical (unpaired) electrons. The number of likely N-dealkylation sites (N-methyl/N-ethyl adjacent to an activating group) is 1. The van der Waals surface area contributed by atoms with Gasteiger partial charge in [-0.1, -0.05) is 0 Å². The first kappa shape index (κ1) is 9.15. The first-order valence-electron chi connectivity index (χ1n) is 3.51. The van der Waals surface area contributed by atoms with Crippen LogP contribution in [0.1, 0.15) is 5.69 Å². The van der Waals surface area contributed by atoms with Crippen LogP contribution in [0, 0.1) is 0 Å². The standard InChI is InChI=1S/C7H10N2O2S/c1-8-6(7(10)11)2-5-3-12-4-9-5/h3-4,6,8H,2H2,1H3,(H,10,11)/t6-/m0/s1. The maximum Gasteiger partial charge on any atom is 0.321 e. The Labute approximate surface area is 74.3 Å². The van der Waals surface area contributed by atoms with E-state index in [2.05, 4.69) is 10.3 Å². The van der Waals surface area contributed by atoms with Crippen LogP contribution in [0.5, 0.6) is 0 Å². The summed E-state index contributed by atoms with van der Waals surface area (Å²) in [5, 5.41) is 13.2. The van der Waals surface area contributed by atoms with Crippen LogP contribution in [-0.4, -0.2) is 29.1 Å². The number of nitrogens with zero attached hydrogens (tertiary/aromatic N) is 1. The van der Waals surface area contributed by atoms with Gasteiger partial charge >= 0.3 is 5.97 Å². The van der Waals surface area contributed by atoms with E-state index in [1.54, 1.807) is 12.6 Å². The number of thiazole rings is 1. The molecule has 12 heavy (non-hydrogen) atoms. The van der Waals surface area contributed by atoms with Crippen LogP contribution in [0.3, 0.4) is 0 Å². The van der Waals surface area contributed by atoms with E-state index in [-0.39, 0.29) is 0 Å². The number of aromatic nitrogens is 1. The molecule has 0 saturated carbocycles. The Kier molecular flexibility index (Phi) is 3.19. The topological polar surface area (TPSA) is 62.2 Å². The molecule has 0 fully saturated rings. The van der Waals surface area contributed by atoms with Crippen molar-refractivity contribution in [3.63, 3.8) is 0 Å². The molecule has 0 amide bonds. The molecule has 0 aliphatic carbocycles. The molecule has 1 aromatic rings. The van der Waals surface area contributed by atoms with Gasteiger partial charge in [-0.25, -0.2) is 4.98 Å². The van der Waals surface area contributed by atoms with Crippen LogP contribution in [0.25, 0.3) is 0 Å². The normalized spacial score (nSPS) is 12.8. The first-order chi connectivity index (χ1) is 5.74. The molecule has 2 N–H and O–H groups in total. The van der Waals surface area contributed by atoms with E-state index in [0.29, 0.717) is 6.42 Å². The zero-order valence-corrected chi connectivity index (χ0v) is 7.47. The van der Waals surface area contributed by atoms with E-state index in [1.165, 1.54) is 11.3 Å². The fourth-order valence-corrected chi connectivity index (χ4v) is 1.43. The lowest BCUT2D eigenvalue weighted by molar-refractivity contribution is -0.139. The SMILES string of the molecule is CN[C@@H](Cc1cscn1)C(=O)O. The number of carboxylic acid groups (broad SMARTS) is 1. The highest BCUT2D eigenvalue weighted by atomic mass is 32.1. The molecule has 1 atom stereocenters. The van der Waals surface area contributed by atoms with Crippen LogP contribution in [0.2, 0.25) is 0 Å². The lowest BCUT2D eigenvalue weighted by Crippen LogP contribution is -2.35. The van der Waals surface area contributed by atoms with Crippen LogP contribution in [0.15, 0.2) is 10.9 Å². The average molecular weight is 186 g/mol. The van der Waals surface area contributed by atoms with E-state index in [4.69, 9.17) is 5.11 Å². The van der Waals surface area contributed by atoms with Crippen molar-refractivity contribution in [1.29, 1.82) is 0 Å². The maximum absolute atomic E-state index is 10.6. The molecule has 0 unspecified atom stereocenters. The van der Waals surface area contributed by atoms with Crippen molar-refractivity contribution in [2.24, 2.45) is 0 Å². The smallest absolute Gasteiger partial charge is 0.321 e. The van der Waals surface area contributed by atoms with Crippen LogP contribution in [-0.2, 0) is 11.2 Å². The molecule has 0 bridgehead atoms. The van der Waals surface area contributed by atoms with Gasteiger partial charge < -0.3 is 10.4 Å². The quantitative estimate of drug-likeness (QED) is 0.712. The Morgan fingerprint density at radius 1 is 1.92 bits per heavy atom. The van der Waals surface area contributed by atoms with Crippen LogP contribution in [0.4, 0.5) is 0 Å². The third-order valence-electron chi connectivity index (χ3n) is 1.54. The fourth-order valence-electron chi connectivity index (χ4n) is 0.860. The van der Waals surface area contributed by atoms with Crippen LogP contribution < -0.4 is 5.32 Å². The molecular weight excluding hydrogens is 176 g/mol. The molecule has 0 aromatic carbocycles. The molecule has 5 heteroatoms. The van der Waals surface area contributed by atoms with Crippen molar-refractivity contribution < 1.29 is 9.90 Å². The second-order valence-electron chi connectivity index (χ2n) is 2.36. The minimum absolute atomic E-state index is 0.440. The van der Waals surface area contributed by atoms with Gasteiger partial charge in [0.25, 0.3) is 0 Å². The molecule has 0 aliphatic rings. The minimum Gasteiger partial charge on any atom is -0.480 e. The number of rotatable bonds is 4. The van der Waals surface area contributed by atoms with Crippen LogP contribution >= 0.6 is 11.3 Å². The highest BCUT2D eigenvalue weighted by Crippen LogP contribution is 2.04. The second kappa shape index (κ2) is 4.18. The minimum atomic E-state index is -0.842. The summed E-state index contributed by atoms with van der Waals surface area (Å²) < 4.78 is 0. The number of hydrogen-bond acceptors (Lipinski definition) is 4. The summed E-state index contributed by atoms with van der Waals surface area (Å²) in [6, 6.07) is -0.535. The van der Waals surface area contributed by atoms with Crippen molar-refractivity contribution in [3.05, 3.63) is 16.6 Å². The predicted octanol–water partition coefficient (Wildman–Crippen LogP) is 0.358. The highest BCUT2D eigenvalue weighted by Gasteiger charge is 2.15. The molecule has 0 spiro atoms. The molecule has 0 aliphatic heterocycles. The number of hydrogen-bond donors (Lipinski definition) is 2. The zero-order valence-electron chi connectivity index (χ0n) is 6.65. The Morgan fingerprint density at radius 3 is 3.08 bits per heavy atom. The monoisotopic (exact) mass is 186 g/mol. The molecule has 4 nitrogen and oxygen atoms in total. The number of aliphatic carboxylic acids is 1. The van der Waals surface area contributed by atoms with E-state index >= 15 is 0 Å². The lowest BCUT2D eigenvalue weighted by Gasteiger charge is -2.07. The molecule has 1 aromatic heterocycles. The summed E-state index contributed by atoms with van der Waals surface area (Å²) in [6.07, 6.45) is 0.440. The summed E-state index contributed by atoms with van der Waals surface area (Å²) in [6.45, 7) is 0. The van der Waals surface area contributed by atoms with E-state index < -0.39 is 12.0 Å². The summed E-state index contributed by atoms with van der Waals surface area (Å²) in [5.41, 5.74) is 2.52. The largest absolute Gasteiger partial charge is 0.480 e. The summed E-state index contributed by atoms with van der Waals surface area (Å²) in [4.78, 5) is 14.6. The molecule has 0 saturated heterocycles. The molecule has 1 heterocycles. The molecule has 1 rings (SSSR count). The second-order valence-corrected chi connectivity index (χ2v) is 3.08. The summed E-state index contributed by atoms with van der Waals surface area (Å²) >= 11 is 1.47. The summed E-state index contributed by atoms with van der Waals surface area (Å²) in [7, 11) is 1.63. The Morgan fingerprint density at radius 2 is 2.67 bits per heavy atom. The van der Waals surface area contributed by atoms with Crippen molar-refractivity contribution in [3.8, 4) is 0 Å². The number of nitrogens with one attached hydrogen (secondary N) is 1. The van der Waals surface area contributed by atoms with E-state index in [0.717, 1.165) is 5.69 Å². The van der Waals surface area contributed by atoms with Crippen molar-refractivity contribution >= 4 is 17.3 Å². The number of carbonyl (C=O) groups is 1. The predicted molar refractivity (Wildman–Crippen MR) is 46.3 cm³/mol. The van der Waals surface area contributed by atoms with E-state index in [9.17, 15) is 4.79 Å².